The van der Waals surface area contributed by atoms with Crippen LogP contribution in [0.2, 0.25) is 0 Å². The van der Waals surface area contributed by atoms with Crippen LogP contribution in [0.5, 0.6) is 23.0 Å². The summed E-state index contributed by atoms with van der Waals surface area (Å²) in [5, 5.41) is 40.1. The van der Waals surface area contributed by atoms with E-state index in [0.29, 0.717) is 29.0 Å². The van der Waals surface area contributed by atoms with Crippen LogP contribution < -0.4 is 30.0 Å². The Kier molecular flexibility index (Phi) is 6.73. The zero-order valence-corrected chi connectivity index (χ0v) is 20.3. The van der Waals surface area contributed by atoms with E-state index in [0.717, 1.165) is 11.3 Å². The summed E-state index contributed by atoms with van der Waals surface area (Å²) < 4.78 is 12.7. The first-order chi connectivity index (χ1) is 17.3. The highest BCUT2D eigenvalue weighted by Crippen LogP contribution is 2.39. The fourth-order valence-electron chi connectivity index (χ4n) is 4.01. The molecule has 10 heteroatoms. The molecule has 182 valence electrons. The van der Waals surface area contributed by atoms with Gasteiger partial charge in [-0.05, 0) is 55.3 Å². The zero-order chi connectivity index (χ0) is 26.0. The monoisotopic (exact) mass is 502 g/mol. The van der Waals surface area contributed by atoms with Gasteiger partial charge >= 0.3 is 0 Å². The molecule has 0 saturated heterocycles. The van der Waals surface area contributed by atoms with Crippen molar-refractivity contribution >= 4 is 28.8 Å². The van der Waals surface area contributed by atoms with Crippen molar-refractivity contribution in [3.8, 4) is 35.1 Å². The van der Waals surface area contributed by atoms with E-state index in [9.17, 15) is 25.5 Å². The molecule has 3 aromatic rings. The summed E-state index contributed by atoms with van der Waals surface area (Å²) in [5.74, 6) is -0.515. The first-order valence-electron chi connectivity index (χ1n) is 11.0. The van der Waals surface area contributed by atoms with E-state index in [1.165, 1.54) is 16.7 Å². The second kappa shape index (κ2) is 9.90. The van der Waals surface area contributed by atoms with Crippen LogP contribution in [0.15, 0.2) is 46.8 Å². The highest BCUT2D eigenvalue weighted by molar-refractivity contribution is 7.07. The molecule has 4 N–H and O–H groups in total. The molecular weight excluding hydrogens is 480 g/mol. The molecule has 0 fully saturated rings. The Bertz CT molecular complexity index is 1650. The lowest BCUT2D eigenvalue weighted by molar-refractivity contribution is 0.317. The van der Waals surface area contributed by atoms with Crippen molar-refractivity contribution < 1.29 is 19.7 Å². The summed E-state index contributed by atoms with van der Waals surface area (Å²) in [6, 6.07) is 13.5. The summed E-state index contributed by atoms with van der Waals surface area (Å²) in [5.41, 5.74) is 7.19. The topological polar surface area (TPSA) is 155 Å². The number of phenols is 2. The first-order valence-corrected chi connectivity index (χ1v) is 11.9. The van der Waals surface area contributed by atoms with E-state index in [2.05, 4.69) is 12.1 Å². The predicted octanol–water partition coefficient (Wildman–Crippen LogP) is 2.07. The van der Waals surface area contributed by atoms with E-state index in [1.807, 2.05) is 0 Å². The lowest BCUT2D eigenvalue weighted by atomic mass is 9.84. The van der Waals surface area contributed by atoms with E-state index < -0.39 is 11.5 Å². The molecule has 1 unspecified atom stereocenters. The van der Waals surface area contributed by atoms with Gasteiger partial charge in [0.1, 0.15) is 10.5 Å². The number of phenolic OH excluding ortho intramolecular Hbond substituents is 2. The van der Waals surface area contributed by atoms with Crippen molar-refractivity contribution in [2.24, 2.45) is 5.73 Å². The number of hydrogen-bond donors (Lipinski definition) is 3. The molecule has 1 aromatic heterocycles. The van der Waals surface area contributed by atoms with Crippen LogP contribution in [0.25, 0.3) is 17.5 Å². The number of nitriles is 2. The van der Waals surface area contributed by atoms with Crippen LogP contribution in [0, 0.1) is 22.7 Å². The van der Waals surface area contributed by atoms with Crippen molar-refractivity contribution in [2.75, 3.05) is 13.2 Å². The SMILES string of the molecule is CCOc1cc(/C=c2/sc3n(c2=O)C(N)=C(C#N)C(c2ccc(O)c(OCC)c2)C=3C#N)ccc1O. The van der Waals surface area contributed by atoms with E-state index in [4.69, 9.17) is 15.2 Å². The lowest BCUT2D eigenvalue weighted by Gasteiger charge is -2.22. The normalized spacial score (nSPS) is 15.3. The molecule has 1 aliphatic rings. The predicted molar refractivity (Wildman–Crippen MR) is 135 cm³/mol. The number of ether oxygens (including phenoxy) is 2. The molecule has 4 rings (SSSR count). The van der Waals surface area contributed by atoms with Crippen molar-refractivity contribution in [1.82, 2.24) is 4.57 Å². The molecule has 0 bridgehead atoms. The van der Waals surface area contributed by atoms with Gasteiger partial charge in [0.25, 0.3) is 5.56 Å². The van der Waals surface area contributed by atoms with Gasteiger partial charge in [0.2, 0.25) is 0 Å². The minimum atomic E-state index is -0.844. The van der Waals surface area contributed by atoms with E-state index >= 15 is 0 Å². The molecule has 2 heterocycles. The maximum atomic E-state index is 13.3. The minimum Gasteiger partial charge on any atom is -0.504 e. The van der Waals surface area contributed by atoms with Crippen molar-refractivity contribution in [3.63, 3.8) is 0 Å². The van der Waals surface area contributed by atoms with Crippen LogP contribution in [0.4, 0.5) is 0 Å². The number of allylic oxidation sites excluding steroid dienone is 1. The van der Waals surface area contributed by atoms with Crippen LogP contribution in [-0.2, 0) is 0 Å². The number of hydrogen-bond acceptors (Lipinski definition) is 9. The van der Waals surface area contributed by atoms with E-state index in [1.54, 1.807) is 44.2 Å². The molecule has 2 aromatic carbocycles. The average Bonchev–Trinajstić information content (AvgIpc) is 3.18. The fourth-order valence-corrected chi connectivity index (χ4v) is 5.14. The Morgan fingerprint density at radius 1 is 1.03 bits per heavy atom. The average molecular weight is 503 g/mol. The number of rotatable bonds is 6. The number of aromatic nitrogens is 1. The van der Waals surface area contributed by atoms with E-state index in [-0.39, 0.29) is 44.5 Å². The molecule has 0 amide bonds. The molecule has 36 heavy (non-hydrogen) atoms. The summed E-state index contributed by atoms with van der Waals surface area (Å²) in [6.45, 7) is 4.23. The fraction of sp³-hybridized carbons (Fsp3) is 0.192. The number of fused-ring (bicyclic) bond motifs is 1. The Morgan fingerprint density at radius 3 is 2.25 bits per heavy atom. The van der Waals surface area contributed by atoms with Crippen molar-refractivity contribution in [3.05, 3.63) is 72.6 Å². The number of nitrogens with zero attached hydrogens (tertiary/aromatic N) is 3. The third-order valence-corrected chi connectivity index (χ3v) is 6.70. The summed E-state index contributed by atoms with van der Waals surface area (Å²) in [7, 11) is 0. The van der Waals surface area contributed by atoms with Gasteiger partial charge in [-0.1, -0.05) is 12.1 Å². The second-order valence-electron chi connectivity index (χ2n) is 7.75. The molecule has 9 nitrogen and oxygen atoms in total. The lowest BCUT2D eigenvalue weighted by Crippen LogP contribution is -2.38. The second-order valence-corrected chi connectivity index (χ2v) is 8.78. The van der Waals surface area contributed by atoms with Crippen LogP contribution in [0.1, 0.15) is 30.9 Å². The van der Waals surface area contributed by atoms with Gasteiger partial charge < -0.3 is 25.4 Å². The van der Waals surface area contributed by atoms with Crippen LogP contribution >= 0.6 is 11.3 Å². The number of aromatic hydroxyl groups is 2. The largest absolute Gasteiger partial charge is 0.504 e. The Hall–Kier alpha value is -4.67. The smallest absolute Gasteiger partial charge is 0.274 e. The Morgan fingerprint density at radius 2 is 1.64 bits per heavy atom. The summed E-state index contributed by atoms with van der Waals surface area (Å²) in [4.78, 5) is 13.3. The molecule has 1 atom stereocenters. The molecule has 0 radical (unpaired) electrons. The van der Waals surface area contributed by atoms with Gasteiger partial charge in [-0.3, -0.25) is 9.36 Å². The van der Waals surface area contributed by atoms with Crippen molar-refractivity contribution in [2.45, 2.75) is 19.8 Å². The molecule has 0 spiro atoms. The molecule has 1 aliphatic heterocycles. The van der Waals surface area contributed by atoms with Crippen LogP contribution in [0.3, 0.4) is 0 Å². The van der Waals surface area contributed by atoms with Gasteiger partial charge in [-0.25, -0.2) is 0 Å². The minimum absolute atomic E-state index is 0.0229. The zero-order valence-electron chi connectivity index (χ0n) is 19.5. The van der Waals surface area contributed by atoms with Crippen molar-refractivity contribution in [1.29, 1.82) is 10.5 Å². The highest BCUT2D eigenvalue weighted by atomic mass is 32.1. The summed E-state index contributed by atoms with van der Waals surface area (Å²) >= 11 is 1.07. The Labute approximate surface area is 210 Å². The van der Waals surface area contributed by atoms with Gasteiger partial charge in [0.05, 0.1) is 46.9 Å². The highest BCUT2D eigenvalue weighted by Gasteiger charge is 2.32. The maximum absolute atomic E-state index is 13.3. The van der Waals surface area contributed by atoms with Gasteiger partial charge in [-0.15, -0.1) is 11.3 Å². The standard InChI is InChI=1S/C26H22N4O5S/c1-3-34-20-9-14(5-7-18(20)31)10-22-25(33)30-24(29)16(12-27)23(17(13-28)26(30)36-22)15-6-8-19(32)21(11-15)35-4-2/h5-11,23,31-32H,3-4,29H2,1-2H3/b22-10+. The number of thiazole rings is 1. The van der Waals surface area contributed by atoms with Crippen LogP contribution in [-0.4, -0.2) is 28.0 Å². The van der Waals surface area contributed by atoms with Gasteiger partial charge in [0.15, 0.2) is 23.0 Å². The maximum Gasteiger partial charge on any atom is 0.274 e. The molecule has 0 aliphatic carbocycles. The number of nitrogens with two attached hydrogens (primary N) is 1. The number of benzene rings is 2. The van der Waals surface area contributed by atoms with Gasteiger partial charge in [0, 0.05) is 0 Å². The Balaban J connectivity index is 1.98. The quantitative estimate of drug-likeness (QED) is 0.463. The summed E-state index contributed by atoms with van der Waals surface area (Å²) in [6.07, 6.45) is 1.61. The third kappa shape index (κ3) is 4.15. The van der Waals surface area contributed by atoms with Gasteiger partial charge in [-0.2, -0.15) is 10.5 Å². The molecule has 0 saturated carbocycles. The first kappa shape index (κ1) is 24.5. The third-order valence-electron chi connectivity index (χ3n) is 5.59. The molecular formula is C26H22N4O5S.